The third-order valence-corrected chi connectivity index (χ3v) is 3.52. The minimum atomic E-state index is -0.0267. The van der Waals surface area contributed by atoms with Gasteiger partial charge in [0.1, 0.15) is 16.9 Å². The Kier molecular flexibility index (Phi) is 2.30. The van der Waals surface area contributed by atoms with Gasteiger partial charge in [0.2, 0.25) is 5.43 Å². The maximum absolute atomic E-state index is 12.2. The summed E-state index contributed by atoms with van der Waals surface area (Å²) >= 11 is 1.45. The third kappa shape index (κ3) is 1.66. The van der Waals surface area contributed by atoms with Gasteiger partial charge >= 0.3 is 0 Å². The molecule has 0 radical (unpaired) electrons. The van der Waals surface area contributed by atoms with Gasteiger partial charge in [0, 0.05) is 11.1 Å². The van der Waals surface area contributed by atoms with Crippen LogP contribution in [0.4, 0.5) is 0 Å². The lowest BCUT2D eigenvalue weighted by Gasteiger charge is -1.98. The van der Waals surface area contributed by atoms with E-state index in [2.05, 4.69) is 4.98 Å². The van der Waals surface area contributed by atoms with Crippen LogP contribution in [0.5, 0.6) is 0 Å². The minimum Gasteiger partial charge on any atom is -0.463 e. The zero-order chi connectivity index (χ0) is 11.8. The Morgan fingerprint density at radius 1 is 1.29 bits per heavy atom. The second kappa shape index (κ2) is 3.82. The van der Waals surface area contributed by atoms with E-state index in [1.165, 1.54) is 17.6 Å². The maximum atomic E-state index is 12.2. The first-order valence-electron chi connectivity index (χ1n) is 5.19. The van der Waals surface area contributed by atoms with Crippen molar-refractivity contribution in [2.24, 2.45) is 0 Å². The van der Waals surface area contributed by atoms with Crippen LogP contribution in [0.15, 0.2) is 45.1 Å². The fourth-order valence-corrected chi connectivity index (χ4v) is 2.50. The van der Waals surface area contributed by atoms with Gasteiger partial charge in [0.25, 0.3) is 0 Å². The summed E-state index contributed by atoms with van der Waals surface area (Å²) in [5, 5.41) is 3.23. The van der Waals surface area contributed by atoms with Crippen molar-refractivity contribution in [2.45, 2.75) is 6.92 Å². The largest absolute Gasteiger partial charge is 0.463 e. The van der Waals surface area contributed by atoms with E-state index in [1.54, 1.807) is 12.1 Å². The average Bonchev–Trinajstić information content (AvgIpc) is 2.77. The molecule has 0 aliphatic rings. The Morgan fingerprint density at radius 3 is 2.88 bits per heavy atom. The van der Waals surface area contributed by atoms with Crippen molar-refractivity contribution in [3.05, 3.63) is 51.8 Å². The lowest BCUT2D eigenvalue weighted by atomic mass is 10.2. The zero-order valence-electron chi connectivity index (χ0n) is 9.14. The monoisotopic (exact) mass is 243 g/mol. The Balaban J connectivity index is 2.32. The summed E-state index contributed by atoms with van der Waals surface area (Å²) in [7, 11) is 0. The van der Waals surface area contributed by atoms with Crippen LogP contribution in [-0.4, -0.2) is 4.98 Å². The number of nitrogens with zero attached hydrogens (tertiary/aromatic N) is 1. The molecule has 0 saturated heterocycles. The molecule has 2 heterocycles. The molecular formula is C13H9NO2S. The summed E-state index contributed by atoms with van der Waals surface area (Å²) in [5.74, 6) is 0. The molecule has 0 spiro atoms. The molecule has 17 heavy (non-hydrogen) atoms. The fraction of sp³-hybridized carbons (Fsp3) is 0.0769. The summed E-state index contributed by atoms with van der Waals surface area (Å²) < 4.78 is 5.45. The van der Waals surface area contributed by atoms with E-state index in [4.69, 9.17) is 4.42 Å². The van der Waals surface area contributed by atoms with Crippen LogP contribution in [0.2, 0.25) is 0 Å². The topological polar surface area (TPSA) is 43.1 Å². The van der Waals surface area contributed by atoms with Crippen LogP contribution in [0.25, 0.3) is 21.5 Å². The molecule has 84 valence electrons. The highest BCUT2D eigenvalue weighted by Gasteiger charge is 2.11. The summed E-state index contributed by atoms with van der Waals surface area (Å²) in [4.78, 5) is 16.6. The van der Waals surface area contributed by atoms with Crippen molar-refractivity contribution < 1.29 is 4.42 Å². The van der Waals surface area contributed by atoms with Crippen LogP contribution in [0, 0.1) is 6.92 Å². The Bertz CT molecular complexity index is 742. The normalized spacial score (nSPS) is 10.9. The van der Waals surface area contributed by atoms with Gasteiger partial charge in [-0.15, -0.1) is 11.3 Å². The number of benzene rings is 1. The number of aryl methyl sites for hydroxylation is 1. The Morgan fingerprint density at radius 2 is 2.12 bits per heavy atom. The first-order valence-corrected chi connectivity index (χ1v) is 6.07. The molecule has 0 fully saturated rings. The number of fused-ring (bicyclic) bond motifs is 1. The number of thiazole rings is 1. The molecule has 0 N–H and O–H groups in total. The number of rotatable bonds is 1. The van der Waals surface area contributed by atoms with E-state index < -0.39 is 0 Å². The van der Waals surface area contributed by atoms with Crippen molar-refractivity contribution in [1.82, 2.24) is 4.98 Å². The van der Waals surface area contributed by atoms with Crippen LogP contribution >= 0.6 is 11.3 Å². The molecule has 1 aromatic carbocycles. The van der Waals surface area contributed by atoms with Crippen LogP contribution in [0.1, 0.15) is 5.69 Å². The first-order chi connectivity index (χ1) is 8.25. The van der Waals surface area contributed by atoms with Crippen molar-refractivity contribution in [2.75, 3.05) is 0 Å². The van der Waals surface area contributed by atoms with E-state index in [9.17, 15) is 4.79 Å². The van der Waals surface area contributed by atoms with Crippen molar-refractivity contribution in [1.29, 1.82) is 0 Å². The van der Waals surface area contributed by atoms with E-state index >= 15 is 0 Å². The first kappa shape index (κ1) is 10.2. The summed E-state index contributed by atoms with van der Waals surface area (Å²) in [6.07, 6.45) is 1.49. The molecular weight excluding hydrogens is 234 g/mol. The van der Waals surface area contributed by atoms with Crippen molar-refractivity contribution in [3.8, 4) is 10.6 Å². The van der Waals surface area contributed by atoms with E-state index in [-0.39, 0.29) is 5.43 Å². The predicted molar refractivity (Wildman–Crippen MR) is 68.3 cm³/mol. The number of hydrogen-bond acceptors (Lipinski definition) is 4. The summed E-state index contributed by atoms with van der Waals surface area (Å²) in [5.41, 5.74) is 2.02. The minimum absolute atomic E-state index is 0.0267. The number of para-hydroxylation sites is 1. The van der Waals surface area contributed by atoms with E-state index in [0.717, 1.165) is 5.69 Å². The van der Waals surface area contributed by atoms with Gasteiger partial charge in [-0.05, 0) is 19.1 Å². The zero-order valence-corrected chi connectivity index (χ0v) is 9.95. The highest BCUT2D eigenvalue weighted by atomic mass is 32.1. The quantitative estimate of drug-likeness (QED) is 0.659. The molecule has 0 bridgehead atoms. The SMILES string of the molecule is Cc1csc(-c2coc3ccccc3c2=O)n1. The third-order valence-electron chi connectivity index (χ3n) is 2.53. The molecule has 3 aromatic rings. The van der Waals surface area contributed by atoms with Gasteiger partial charge in [0.05, 0.1) is 10.9 Å². The van der Waals surface area contributed by atoms with Gasteiger partial charge in [-0.25, -0.2) is 4.98 Å². The smallest absolute Gasteiger partial charge is 0.202 e. The molecule has 3 nitrogen and oxygen atoms in total. The predicted octanol–water partition coefficient (Wildman–Crippen LogP) is 3.22. The fourth-order valence-electron chi connectivity index (χ4n) is 1.70. The van der Waals surface area contributed by atoms with E-state index in [1.807, 2.05) is 24.4 Å². The van der Waals surface area contributed by atoms with Gasteiger partial charge in [-0.3, -0.25) is 4.79 Å². The molecule has 2 aromatic heterocycles. The van der Waals surface area contributed by atoms with E-state index in [0.29, 0.717) is 21.5 Å². The standard InChI is InChI=1S/C13H9NO2S/c1-8-7-17-13(14-8)10-6-16-11-5-3-2-4-9(11)12(10)15/h2-7H,1H3. The highest BCUT2D eigenvalue weighted by molar-refractivity contribution is 7.13. The molecule has 4 heteroatoms. The summed E-state index contributed by atoms with van der Waals surface area (Å²) in [6.45, 7) is 1.91. The maximum Gasteiger partial charge on any atom is 0.202 e. The lowest BCUT2D eigenvalue weighted by Crippen LogP contribution is -2.04. The Hall–Kier alpha value is -1.94. The van der Waals surface area contributed by atoms with Gasteiger partial charge in [0.15, 0.2) is 0 Å². The van der Waals surface area contributed by atoms with Crippen LogP contribution in [0.3, 0.4) is 0 Å². The van der Waals surface area contributed by atoms with Crippen LogP contribution < -0.4 is 5.43 Å². The molecule has 0 amide bonds. The molecule has 3 rings (SSSR count). The number of hydrogen-bond donors (Lipinski definition) is 0. The van der Waals surface area contributed by atoms with Gasteiger partial charge in [-0.2, -0.15) is 0 Å². The van der Waals surface area contributed by atoms with Crippen LogP contribution in [-0.2, 0) is 0 Å². The van der Waals surface area contributed by atoms with Crippen molar-refractivity contribution >= 4 is 22.3 Å². The van der Waals surface area contributed by atoms with Gasteiger partial charge in [-0.1, -0.05) is 12.1 Å². The molecule has 0 aliphatic heterocycles. The van der Waals surface area contributed by atoms with Gasteiger partial charge < -0.3 is 4.42 Å². The molecule has 0 saturated carbocycles. The Labute approximate surface area is 101 Å². The molecule has 0 unspecified atom stereocenters. The lowest BCUT2D eigenvalue weighted by molar-refractivity contribution is 0.604. The second-order valence-corrected chi connectivity index (χ2v) is 4.63. The molecule has 0 aliphatic carbocycles. The summed E-state index contributed by atoms with van der Waals surface area (Å²) in [6, 6.07) is 7.23. The second-order valence-electron chi connectivity index (χ2n) is 3.77. The molecule has 0 atom stereocenters. The average molecular weight is 243 g/mol. The highest BCUT2D eigenvalue weighted by Crippen LogP contribution is 2.22. The number of aromatic nitrogens is 1. The van der Waals surface area contributed by atoms with Crippen molar-refractivity contribution in [3.63, 3.8) is 0 Å².